The van der Waals surface area contributed by atoms with Crippen molar-refractivity contribution in [2.24, 2.45) is 10.9 Å². The summed E-state index contributed by atoms with van der Waals surface area (Å²) in [5.41, 5.74) is 1.25. The molecule has 0 spiro atoms. The van der Waals surface area contributed by atoms with Crippen LogP contribution >= 0.6 is 0 Å². The molecule has 3 rings (SSSR count). The number of aromatic nitrogens is 1. The lowest BCUT2D eigenvalue weighted by Gasteiger charge is -2.32. The molecule has 0 saturated carbocycles. The largest absolute Gasteiger partial charge is 0.496 e. The number of benzene rings is 1. The van der Waals surface area contributed by atoms with Gasteiger partial charge < -0.3 is 25.0 Å². The van der Waals surface area contributed by atoms with E-state index in [1.807, 2.05) is 29.2 Å². The molecule has 0 atom stereocenters. The predicted molar refractivity (Wildman–Crippen MR) is 135 cm³/mol. The zero-order valence-electron chi connectivity index (χ0n) is 20.2. The van der Waals surface area contributed by atoms with Crippen LogP contribution in [0, 0.1) is 17.4 Å². The summed E-state index contributed by atoms with van der Waals surface area (Å²) in [6, 6.07) is 9.05. The van der Waals surface area contributed by atoms with Gasteiger partial charge in [0.2, 0.25) is 12.2 Å². The first-order valence-electron chi connectivity index (χ1n) is 11.7. The van der Waals surface area contributed by atoms with Gasteiger partial charge in [0.1, 0.15) is 17.1 Å². The molecule has 0 radical (unpaired) electrons. The third-order valence-corrected chi connectivity index (χ3v) is 5.93. The van der Waals surface area contributed by atoms with Crippen LogP contribution in [0.3, 0.4) is 0 Å². The van der Waals surface area contributed by atoms with Crippen molar-refractivity contribution in [1.82, 2.24) is 15.2 Å². The van der Waals surface area contributed by atoms with E-state index in [4.69, 9.17) is 14.7 Å². The number of nitriles is 1. The summed E-state index contributed by atoms with van der Waals surface area (Å²) < 4.78 is 10.8. The van der Waals surface area contributed by atoms with Crippen LogP contribution in [0.2, 0.25) is 0 Å². The van der Waals surface area contributed by atoms with Crippen molar-refractivity contribution in [2.45, 2.75) is 25.7 Å². The van der Waals surface area contributed by atoms with Crippen LogP contribution in [0.1, 0.15) is 36.0 Å². The van der Waals surface area contributed by atoms with Crippen molar-refractivity contribution in [3.63, 3.8) is 0 Å². The molecule has 1 aliphatic rings. The van der Waals surface area contributed by atoms with E-state index >= 15 is 0 Å². The number of nitrogens with one attached hydrogen (secondary N) is 2. The molecule has 2 N–H and O–H groups in total. The van der Waals surface area contributed by atoms with Gasteiger partial charge in [-0.15, -0.1) is 4.99 Å². The van der Waals surface area contributed by atoms with Crippen LogP contribution in [0.5, 0.6) is 11.5 Å². The maximum absolute atomic E-state index is 13.1. The molecule has 2 aromatic rings. The number of hydrogen-bond acceptors (Lipinski definition) is 6. The number of methoxy groups -OCH3 is 2. The van der Waals surface area contributed by atoms with Crippen molar-refractivity contribution in [3.8, 4) is 17.7 Å². The number of piperidine rings is 1. The topological polar surface area (TPSA) is 112 Å². The third-order valence-electron chi connectivity index (χ3n) is 5.93. The molecule has 1 aromatic carbocycles. The fraction of sp³-hybridized carbons (Fsp3) is 0.385. The number of carbonyl (C=O) groups excluding carboxylic acids is 1. The van der Waals surface area contributed by atoms with Crippen LogP contribution in [-0.2, 0) is 0 Å². The normalized spacial score (nSPS) is 14.4. The van der Waals surface area contributed by atoms with Gasteiger partial charge >= 0.3 is 0 Å². The van der Waals surface area contributed by atoms with Crippen molar-refractivity contribution in [3.05, 3.63) is 60.4 Å². The van der Waals surface area contributed by atoms with Gasteiger partial charge in [-0.05, 0) is 55.9 Å². The standard InChI is InChI=1S/C26H32N6O3/c1-34-22-10-6-11-23(35-2)24(22)25(33)32-16-12-20(13-17-32)8-4-3-5-15-29-26(30-19-27)31-21-9-7-14-28-18-21/h3,5-7,9-11,14,18,20H,4,8,12-13,15-17H2,1-2H3,(H2,29,30,31)/b5-3+. The lowest BCUT2D eigenvalue weighted by molar-refractivity contribution is 0.0680. The fourth-order valence-corrected chi connectivity index (χ4v) is 4.07. The number of pyridine rings is 1. The minimum Gasteiger partial charge on any atom is -0.496 e. The quantitative estimate of drug-likeness (QED) is 0.245. The van der Waals surface area contributed by atoms with Crippen LogP contribution in [0.15, 0.2) is 59.9 Å². The van der Waals surface area contributed by atoms with Crippen molar-refractivity contribution < 1.29 is 14.3 Å². The number of allylic oxidation sites excluding steroid dienone is 1. The van der Waals surface area contributed by atoms with E-state index in [-0.39, 0.29) is 5.91 Å². The first-order chi connectivity index (χ1) is 17.2. The maximum Gasteiger partial charge on any atom is 0.261 e. The smallest absolute Gasteiger partial charge is 0.261 e. The van der Waals surface area contributed by atoms with E-state index in [1.54, 1.807) is 44.9 Å². The molecule has 2 heterocycles. The summed E-state index contributed by atoms with van der Waals surface area (Å²) in [6.07, 6.45) is 13.3. The summed E-state index contributed by atoms with van der Waals surface area (Å²) in [5.74, 6) is 1.99. The van der Waals surface area contributed by atoms with Gasteiger partial charge in [0, 0.05) is 25.8 Å². The van der Waals surface area contributed by atoms with Gasteiger partial charge in [-0.2, -0.15) is 5.26 Å². The molecule has 1 aliphatic heterocycles. The highest BCUT2D eigenvalue weighted by atomic mass is 16.5. The second kappa shape index (κ2) is 13.6. The number of guanidine groups is 1. The average molecular weight is 477 g/mol. The summed E-state index contributed by atoms with van der Waals surface area (Å²) in [7, 11) is 3.13. The van der Waals surface area contributed by atoms with E-state index in [0.717, 1.165) is 44.5 Å². The number of carbonyl (C=O) groups is 1. The number of likely N-dealkylation sites (tertiary alicyclic amines) is 1. The molecule has 9 heteroatoms. The van der Waals surface area contributed by atoms with Gasteiger partial charge in [0.05, 0.1) is 26.1 Å². The van der Waals surface area contributed by atoms with Crippen molar-refractivity contribution in [1.29, 1.82) is 5.26 Å². The lowest BCUT2D eigenvalue weighted by atomic mass is 9.91. The fourth-order valence-electron chi connectivity index (χ4n) is 4.07. The summed E-state index contributed by atoms with van der Waals surface area (Å²) >= 11 is 0. The first kappa shape index (κ1) is 25.6. The minimum atomic E-state index is -0.0431. The van der Waals surface area contributed by atoms with Gasteiger partial charge in [-0.3, -0.25) is 9.78 Å². The average Bonchev–Trinajstić information content (AvgIpc) is 2.90. The Labute approximate surface area is 206 Å². The van der Waals surface area contributed by atoms with E-state index in [9.17, 15) is 4.79 Å². The number of anilines is 1. The first-order valence-corrected chi connectivity index (χ1v) is 11.7. The third kappa shape index (κ3) is 7.47. The highest BCUT2D eigenvalue weighted by Gasteiger charge is 2.27. The SMILES string of the molecule is COc1cccc(OC)c1C(=O)N1CCC(CC/C=C/CN/C(=N\C#N)Nc2cccnc2)CC1. The van der Waals surface area contributed by atoms with E-state index in [0.29, 0.717) is 35.5 Å². The van der Waals surface area contributed by atoms with Crippen molar-refractivity contribution in [2.75, 3.05) is 39.2 Å². The van der Waals surface area contributed by atoms with Gasteiger partial charge in [0.15, 0.2) is 0 Å². The molecule has 1 aromatic heterocycles. The molecule has 1 fully saturated rings. The Balaban J connectivity index is 1.40. The lowest BCUT2D eigenvalue weighted by Crippen LogP contribution is -2.38. The predicted octanol–water partition coefficient (Wildman–Crippen LogP) is 3.83. The summed E-state index contributed by atoms with van der Waals surface area (Å²) in [6.45, 7) is 2.01. The number of ether oxygens (including phenoxy) is 2. The van der Waals surface area contributed by atoms with Gasteiger partial charge in [-0.25, -0.2) is 0 Å². The Morgan fingerprint density at radius 3 is 2.57 bits per heavy atom. The molecule has 0 unspecified atom stereocenters. The highest BCUT2D eigenvalue weighted by Crippen LogP contribution is 2.31. The molecule has 1 amide bonds. The Kier molecular flexibility index (Phi) is 9.93. The number of aliphatic imine (C=N–C) groups is 1. The van der Waals surface area contributed by atoms with Crippen LogP contribution < -0.4 is 20.1 Å². The van der Waals surface area contributed by atoms with E-state index < -0.39 is 0 Å². The second-order valence-corrected chi connectivity index (χ2v) is 8.13. The molecular weight excluding hydrogens is 444 g/mol. The second-order valence-electron chi connectivity index (χ2n) is 8.13. The van der Waals surface area contributed by atoms with E-state index in [2.05, 4.69) is 26.7 Å². The molecular formula is C26H32N6O3. The Morgan fingerprint density at radius 1 is 1.20 bits per heavy atom. The monoisotopic (exact) mass is 476 g/mol. The minimum absolute atomic E-state index is 0.0431. The van der Waals surface area contributed by atoms with E-state index in [1.165, 1.54) is 0 Å². The van der Waals surface area contributed by atoms with Crippen LogP contribution in [-0.4, -0.2) is 55.6 Å². The molecule has 0 bridgehead atoms. The number of hydrogen-bond donors (Lipinski definition) is 2. The summed E-state index contributed by atoms with van der Waals surface area (Å²) in [4.78, 5) is 22.8. The number of amides is 1. The molecule has 1 saturated heterocycles. The van der Waals surface area contributed by atoms with Crippen LogP contribution in [0.25, 0.3) is 0 Å². The molecule has 35 heavy (non-hydrogen) atoms. The molecule has 184 valence electrons. The Hall–Kier alpha value is -4.06. The van der Waals surface area contributed by atoms with Gasteiger partial charge in [0.25, 0.3) is 5.91 Å². The highest BCUT2D eigenvalue weighted by molar-refractivity contribution is 5.99. The number of nitrogens with zero attached hydrogens (tertiary/aromatic N) is 4. The molecule has 9 nitrogen and oxygen atoms in total. The van der Waals surface area contributed by atoms with Gasteiger partial charge in [-0.1, -0.05) is 18.2 Å². The van der Waals surface area contributed by atoms with Crippen molar-refractivity contribution >= 4 is 17.6 Å². The Morgan fingerprint density at radius 2 is 1.94 bits per heavy atom. The number of rotatable bonds is 9. The summed E-state index contributed by atoms with van der Waals surface area (Å²) in [5, 5.41) is 15.0. The molecule has 0 aliphatic carbocycles. The Bertz CT molecular complexity index is 1030. The zero-order chi connectivity index (χ0) is 24.9. The maximum atomic E-state index is 13.1. The zero-order valence-corrected chi connectivity index (χ0v) is 20.2. The van der Waals surface area contributed by atoms with Crippen LogP contribution in [0.4, 0.5) is 5.69 Å².